The first-order valence-electron chi connectivity index (χ1n) is 4.99. The molecule has 2 aromatic heterocycles. The van der Waals surface area contributed by atoms with Crippen molar-refractivity contribution in [3.63, 3.8) is 0 Å². The lowest BCUT2D eigenvalue weighted by molar-refractivity contribution is 0.268. The molecule has 6 nitrogen and oxygen atoms in total. The Hall–Kier alpha value is -2.11. The normalized spacial score (nSPS) is 19.2. The van der Waals surface area contributed by atoms with Gasteiger partial charge in [0.15, 0.2) is 0 Å². The maximum absolute atomic E-state index is 11.6. The molecule has 1 atom stereocenters. The third-order valence-corrected chi connectivity index (χ3v) is 2.73. The fraction of sp³-hybridized carbons (Fsp3) is 0.300. The zero-order chi connectivity index (χ0) is 11.1. The molecule has 82 valence electrons. The van der Waals surface area contributed by atoms with Gasteiger partial charge >= 0.3 is 0 Å². The summed E-state index contributed by atoms with van der Waals surface area (Å²) in [5.41, 5.74) is 1.91. The minimum Gasteiger partial charge on any atom is -0.500 e. The number of H-pyrrole nitrogens is 2. The molecule has 0 spiro atoms. The van der Waals surface area contributed by atoms with Gasteiger partial charge < -0.3 is 4.74 Å². The molecule has 1 aliphatic heterocycles. The highest BCUT2D eigenvalue weighted by molar-refractivity contribution is 5.82. The summed E-state index contributed by atoms with van der Waals surface area (Å²) in [7, 11) is 0. The van der Waals surface area contributed by atoms with Gasteiger partial charge in [-0.2, -0.15) is 10.2 Å². The number of aromatic nitrogens is 4. The van der Waals surface area contributed by atoms with Gasteiger partial charge in [-0.1, -0.05) is 0 Å². The van der Waals surface area contributed by atoms with Crippen LogP contribution in [-0.4, -0.2) is 27.0 Å². The van der Waals surface area contributed by atoms with E-state index in [1.54, 1.807) is 6.26 Å². The highest BCUT2D eigenvalue weighted by Crippen LogP contribution is 2.25. The number of nitrogens with one attached hydrogen (secondary N) is 2. The number of ether oxygens (including phenoxy) is 1. The Morgan fingerprint density at radius 2 is 2.31 bits per heavy atom. The molecule has 0 fully saturated rings. The Morgan fingerprint density at radius 1 is 1.44 bits per heavy atom. The van der Waals surface area contributed by atoms with Gasteiger partial charge in [0.25, 0.3) is 5.56 Å². The molecule has 1 aliphatic rings. The first-order valence-corrected chi connectivity index (χ1v) is 4.99. The SMILES string of the molecule is Cc1[nH]nc2c(C3C=COC3)n[nH]c(=O)c12. The van der Waals surface area contributed by atoms with Gasteiger partial charge in [-0.3, -0.25) is 9.89 Å². The number of nitrogens with zero attached hydrogens (tertiary/aromatic N) is 2. The zero-order valence-corrected chi connectivity index (χ0v) is 8.65. The molecule has 16 heavy (non-hydrogen) atoms. The molecule has 6 heteroatoms. The second-order valence-electron chi connectivity index (χ2n) is 3.78. The Balaban J connectivity index is 2.30. The second-order valence-corrected chi connectivity index (χ2v) is 3.78. The maximum Gasteiger partial charge on any atom is 0.275 e. The summed E-state index contributed by atoms with van der Waals surface area (Å²) in [6, 6.07) is 0. The second kappa shape index (κ2) is 3.19. The summed E-state index contributed by atoms with van der Waals surface area (Å²) >= 11 is 0. The first-order chi connectivity index (χ1) is 7.77. The van der Waals surface area contributed by atoms with Crippen molar-refractivity contribution in [1.82, 2.24) is 20.4 Å². The van der Waals surface area contributed by atoms with Crippen LogP contribution < -0.4 is 5.56 Å². The van der Waals surface area contributed by atoms with Gasteiger partial charge in [0, 0.05) is 5.69 Å². The van der Waals surface area contributed by atoms with Crippen molar-refractivity contribution in [3.05, 3.63) is 34.1 Å². The van der Waals surface area contributed by atoms with Gasteiger partial charge in [0.05, 0.1) is 29.9 Å². The number of aryl methyl sites for hydroxylation is 1. The highest BCUT2D eigenvalue weighted by atomic mass is 16.5. The van der Waals surface area contributed by atoms with Crippen molar-refractivity contribution in [2.24, 2.45) is 0 Å². The Kier molecular flexibility index (Phi) is 1.82. The maximum atomic E-state index is 11.6. The average Bonchev–Trinajstić information content (AvgIpc) is 2.89. The predicted molar refractivity (Wildman–Crippen MR) is 57.1 cm³/mol. The largest absolute Gasteiger partial charge is 0.500 e. The van der Waals surface area contributed by atoms with E-state index in [1.165, 1.54) is 0 Å². The molecular formula is C10H10N4O2. The minimum atomic E-state index is -0.215. The molecule has 3 heterocycles. The molecule has 0 aliphatic carbocycles. The van der Waals surface area contributed by atoms with E-state index < -0.39 is 0 Å². The molecule has 2 N–H and O–H groups in total. The molecule has 0 bridgehead atoms. The van der Waals surface area contributed by atoms with Gasteiger partial charge in [-0.15, -0.1) is 0 Å². The molecule has 3 rings (SSSR count). The van der Waals surface area contributed by atoms with E-state index in [9.17, 15) is 4.79 Å². The number of rotatable bonds is 1. The summed E-state index contributed by atoms with van der Waals surface area (Å²) in [5.74, 6) is 0.0575. The molecule has 1 unspecified atom stereocenters. The predicted octanol–water partition coefficient (Wildman–Crippen LogP) is 0.582. The number of fused-ring (bicyclic) bond motifs is 1. The topological polar surface area (TPSA) is 83.7 Å². The van der Waals surface area contributed by atoms with E-state index >= 15 is 0 Å². The van der Waals surface area contributed by atoms with Crippen molar-refractivity contribution >= 4 is 10.9 Å². The molecular weight excluding hydrogens is 208 g/mol. The monoisotopic (exact) mass is 218 g/mol. The zero-order valence-electron chi connectivity index (χ0n) is 8.65. The summed E-state index contributed by atoms with van der Waals surface area (Å²) in [5, 5.41) is 14.0. The highest BCUT2D eigenvalue weighted by Gasteiger charge is 2.21. The van der Waals surface area contributed by atoms with E-state index in [0.717, 1.165) is 11.4 Å². The van der Waals surface area contributed by atoms with Gasteiger partial charge in [0.1, 0.15) is 5.52 Å². The third-order valence-electron chi connectivity index (χ3n) is 2.73. The Bertz CT molecular complexity index is 625. The first kappa shape index (κ1) is 9.14. The van der Waals surface area contributed by atoms with Gasteiger partial charge in [0.2, 0.25) is 0 Å². The van der Waals surface area contributed by atoms with E-state index in [0.29, 0.717) is 17.5 Å². The van der Waals surface area contributed by atoms with Crippen LogP contribution in [0.3, 0.4) is 0 Å². The fourth-order valence-electron chi connectivity index (χ4n) is 1.91. The lowest BCUT2D eigenvalue weighted by Gasteiger charge is -2.05. The summed E-state index contributed by atoms with van der Waals surface area (Å²) in [6.45, 7) is 2.36. The van der Waals surface area contributed by atoms with Crippen molar-refractivity contribution in [1.29, 1.82) is 0 Å². The molecule has 0 amide bonds. The number of hydrogen-bond donors (Lipinski definition) is 2. The van der Waals surface area contributed by atoms with Crippen LogP contribution in [0, 0.1) is 6.92 Å². The molecule has 0 saturated carbocycles. The van der Waals surface area contributed by atoms with Gasteiger partial charge in [-0.25, -0.2) is 5.10 Å². The van der Waals surface area contributed by atoms with Crippen LogP contribution in [-0.2, 0) is 4.74 Å². The van der Waals surface area contributed by atoms with Gasteiger partial charge in [-0.05, 0) is 13.0 Å². The smallest absolute Gasteiger partial charge is 0.275 e. The van der Waals surface area contributed by atoms with Crippen molar-refractivity contribution in [2.75, 3.05) is 6.61 Å². The van der Waals surface area contributed by atoms with Crippen LogP contribution in [0.25, 0.3) is 10.9 Å². The fourth-order valence-corrected chi connectivity index (χ4v) is 1.91. The summed E-state index contributed by atoms with van der Waals surface area (Å²) < 4.78 is 5.15. The summed E-state index contributed by atoms with van der Waals surface area (Å²) in [6.07, 6.45) is 3.55. The Labute approximate surface area is 90.3 Å². The third kappa shape index (κ3) is 1.16. The number of aromatic amines is 2. The van der Waals surface area contributed by atoms with Crippen LogP contribution >= 0.6 is 0 Å². The van der Waals surface area contributed by atoms with Crippen LogP contribution in [0.4, 0.5) is 0 Å². The van der Waals surface area contributed by atoms with Crippen molar-refractivity contribution < 1.29 is 4.74 Å². The molecule has 0 saturated heterocycles. The minimum absolute atomic E-state index is 0.0575. The van der Waals surface area contributed by atoms with E-state index in [4.69, 9.17) is 4.74 Å². The standard InChI is InChI=1S/C10H10N4O2/c1-5-7-9(13-11-5)8(12-14-10(7)15)6-2-3-16-4-6/h2-3,6H,4H2,1H3,(H,11,13)(H,14,15). The van der Waals surface area contributed by atoms with Crippen molar-refractivity contribution in [2.45, 2.75) is 12.8 Å². The quantitative estimate of drug-likeness (QED) is 0.733. The van der Waals surface area contributed by atoms with Crippen LogP contribution in [0.15, 0.2) is 17.1 Å². The van der Waals surface area contributed by atoms with Crippen LogP contribution in [0.1, 0.15) is 17.3 Å². The van der Waals surface area contributed by atoms with E-state index in [1.807, 2.05) is 13.0 Å². The average molecular weight is 218 g/mol. The van der Waals surface area contributed by atoms with Crippen molar-refractivity contribution in [3.8, 4) is 0 Å². The van der Waals surface area contributed by atoms with Crippen LogP contribution in [0.5, 0.6) is 0 Å². The van der Waals surface area contributed by atoms with E-state index in [-0.39, 0.29) is 11.5 Å². The summed E-state index contributed by atoms with van der Waals surface area (Å²) in [4.78, 5) is 11.6. The van der Waals surface area contributed by atoms with Crippen LogP contribution in [0.2, 0.25) is 0 Å². The number of hydrogen-bond acceptors (Lipinski definition) is 4. The van der Waals surface area contributed by atoms with E-state index in [2.05, 4.69) is 20.4 Å². The molecule has 0 aromatic carbocycles. The molecule has 0 radical (unpaired) electrons. The lowest BCUT2D eigenvalue weighted by Crippen LogP contribution is -2.13. The lowest BCUT2D eigenvalue weighted by atomic mass is 10.1. The molecule has 2 aromatic rings. The Morgan fingerprint density at radius 3 is 3.06 bits per heavy atom.